The van der Waals surface area contributed by atoms with E-state index < -0.39 is 5.97 Å². The number of amides is 1. The van der Waals surface area contributed by atoms with Crippen LogP contribution in [0.5, 0.6) is 0 Å². The normalized spacial score (nSPS) is 21.2. The number of nitrogens with one attached hydrogen (secondary N) is 1. The third-order valence-corrected chi connectivity index (χ3v) is 4.15. The smallest absolute Gasteiger partial charge is 0.306 e. The molecule has 1 fully saturated rings. The van der Waals surface area contributed by atoms with Gasteiger partial charge < -0.3 is 10.4 Å². The van der Waals surface area contributed by atoms with Crippen molar-refractivity contribution in [1.82, 2.24) is 5.32 Å². The first-order chi connectivity index (χ1) is 9.97. The fraction of sp³-hybridized carbons (Fsp3) is 0.500. The second-order valence-electron chi connectivity index (χ2n) is 5.66. The molecule has 1 aromatic rings. The van der Waals surface area contributed by atoms with Crippen LogP contribution in [0.25, 0.3) is 0 Å². The predicted molar refractivity (Wildman–Crippen MR) is 76.3 cm³/mol. The molecule has 1 amide bonds. The monoisotopic (exact) mass is 293 g/mol. The van der Waals surface area contributed by atoms with Gasteiger partial charge in [0.05, 0.1) is 5.92 Å². The van der Waals surface area contributed by atoms with E-state index in [1.807, 2.05) is 6.92 Å². The number of carboxylic acids is 1. The van der Waals surface area contributed by atoms with Crippen LogP contribution in [0.3, 0.4) is 0 Å². The molecule has 0 heterocycles. The van der Waals surface area contributed by atoms with Gasteiger partial charge in [-0.15, -0.1) is 0 Å². The van der Waals surface area contributed by atoms with E-state index >= 15 is 0 Å². The van der Waals surface area contributed by atoms with Crippen molar-refractivity contribution < 1.29 is 19.1 Å². The summed E-state index contributed by atoms with van der Waals surface area (Å²) in [4.78, 5) is 22.9. The molecule has 0 spiro atoms. The van der Waals surface area contributed by atoms with Crippen LogP contribution in [-0.4, -0.2) is 23.5 Å². The van der Waals surface area contributed by atoms with Crippen LogP contribution in [0.2, 0.25) is 0 Å². The number of aryl methyl sites for hydroxylation is 1. The molecular formula is C16H20FNO3. The highest BCUT2D eigenvalue weighted by molar-refractivity contribution is 5.80. The van der Waals surface area contributed by atoms with Gasteiger partial charge >= 0.3 is 5.97 Å². The van der Waals surface area contributed by atoms with Crippen LogP contribution in [0.15, 0.2) is 18.2 Å². The second kappa shape index (κ2) is 6.70. The molecule has 0 aromatic heterocycles. The lowest BCUT2D eigenvalue weighted by Crippen LogP contribution is -2.31. The lowest BCUT2D eigenvalue weighted by molar-refractivity contribution is -0.141. The third-order valence-electron chi connectivity index (χ3n) is 4.15. The van der Waals surface area contributed by atoms with Crippen LogP contribution in [0, 0.1) is 24.6 Å². The quantitative estimate of drug-likeness (QED) is 0.875. The standard InChI is InChI=1S/C16H20FNO3/c1-10-8-14(17)5-4-11(10)6-7-18-15(19)12-2-3-13(9-12)16(20)21/h4-5,8,12-13H,2-3,6-7,9H2,1H3,(H,18,19)(H,20,21). The fourth-order valence-electron chi connectivity index (χ4n) is 2.85. The number of aliphatic carboxylic acids is 1. The molecule has 2 atom stereocenters. The van der Waals surface area contributed by atoms with E-state index in [0.717, 1.165) is 11.1 Å². The minimum absolute atomic E-state index is 0.0708. The molecule has 2 unspecified atom stereocenters. The van der Waals surface area contributed by atoms with E-state index in [1.54, 1.807) is 6.07 Å². The maximum absolute atomic E-state index is 13.0. The number of benzene rings is 1. The lowest BCUT2D eigenvalue weighted by atomic mass is 10.0. The number of rotatable bonds is 5. The Balaban J connectivity index is 1.78. The lowest BCUT2D eigenvalue weighted by Gasteiger charge is -2.11. The summed E-state index contributed by atoms with van der Waals surface area (Å²) >= 11 is 0. The average molecular weight is 293 g/mol. The zero-order chi connectivity index (χ0) is 15.4. The summed E-state index contributed by atoms with van der Waals surface area (Å²) in [6.45, 7) is 2.33. The maximum Gasteiger partial charge on any atom is 0.306 e. The molecule has 2 N–H and O–H groups in total. The molecule has 2 rings (SSSR count). The first kappa shape index (κ1) is 15.5. The highest BCUT2D eigenvalue weighted by atomic mass is 19.1. The van der Waals surface area contributed by atoms with Gasteiger partial charge in [0.15, 0.2) is 0 Å². The van der Waals surface area contributed by atoms with Crippen molar-refractivity contribution in [3.63, 3.8) is 0 Å². The van der Waals surface area contributed by atoms with E-state index in [4.69, 9.17) is 5.11 Å². The van der Waals surface area contributed by atoms with Gasteiger partial charge in [-0.3, -0.25) is 9.59 Å². The largest absolute Gasteiger partial charge is 0.481 e. The number of carbonyl (C=O) groups is 2. The molecule has 1 saturated carbocycles. The fourth-order valence-corrected chi connectivity index (χ4v) is 2.85. The minimum atomic E-state index is -0.813. The van der Waals surface area contributed by atoms with Crippen molar-refractivity contribution in [2.24, 2.45) is 11.8 Å². The van der Waals surface area contributed by atoms with Crippen LogP contribution in [0.1, 0.15) is 30.4 Å². The summed E-state index contributed by atoms with van der Waals surface area (Å²) in [6, 6.07) is 4.62. The van der Waals surface area contributed by atoms with Crippen LogP contribution < -0.4 is 5.32 Å². The van der Waals surface area contributed by atoms with E-state index in [-0.39, 0.29) is 23.6 Å². The zero-order valence-electron chi connectivity index (χ0n) is 12.1. The van der Waals surface area contributed by atoms with E-state index in [2.05, 4.69) is 5.32 Å². The van der Waals surface area contributed by atoms with Gasteiger partial charge in [0.2, 0.25) is 5.91 Å². The molecule has 5 heteroatoms. The summed E-state index contributed by atoms with van der Waals surface area (Å²) in [5.41, 5.74) is 1.88. The molecule has 0 bridgehead atoms. The van der Waals surface area contributed by atoms with E-state index in [0.29, 0.717) is 32.2 Å². The average Bonchev–Trinajstić information content (AvgIpc) is 2.91. The Bertz CT molecular complexity index is 544. The van der Waals surface area contributed by atoms with Crippen molar-refractivity contribution in [1.29, 1.82) is 0 Å². The van der Waals surface area contributed by atoms with Crippen molar-refractivity contribution >= 4 is 11.9 Å². The Hall–Kier alpha value is -1.91. The summed E-state index contributed by atoms with van der Waals surface area (Å²) < 4.78 is 13.0. The highest BCUT2D eigenvalue weighted by Crippen LogP contribution is 2.31. The summed E-state index contributed by atoms with van der Waals surface area (Å²) in [7, 11) is 0. The molecule has 21 heavy (non-hydrogen) atoms. The molecule has 1 aromatic carbocycles. The third kappa shape index (κ3) is 4.03. The van der Waals surface area contributed by atoms with Gasteiger partial charge in [-0.1, -0.05) is 6.07 Å². The molecule has 4 nitrogen and oxygen atoms in total. The van der Waals surface area contributed by atoms with E-state index in [1.165, 1.54) is 12.1 Å². The Morgan fingerprint density at radius 2 is 2.05 bits per heavy atom. The van der Waals surface area contributed by atoms with Crippen LogP contribution in [0.4, 0.5) is 4.39 Å². The van der Waals surface area contributed by atoms with Crippen LogP contribution in [-0.2, 0) is 16.0 Å². The summed E-state index contributed by atoms with van der Waals surface area (Å²) in [5.74, 6) is -1.72. The molecule has 1 aliphatic carbocycles. The van der Waals surface area contributed by atoms with Crippen LogP contribution >= 0.6 is 0 Å². The predicted octanol–water partition coefficient (Wildman–Crippen LogP) is 2.29. The molecule has 0 aliphatic heterocycles. The van der Waals surface area contributed by atoms with Gasteiger partial charge in [-0.25, -0.2) is 4.39 Å². The Labute approximate surface area is 123 Å². The number of hydrogen-bond donors (Lipinski definition) is 2. The van der Waals surface area contributed by atoms with Gasteiger partial charge in [-0.2, -0.15) is 0 Å². The molecule has 0 saturated heterocycles. The van der Waals surface area contributed by atoms with Crippen molar-refractivity contribution in [2.45, 2.75) is 32.6 Å². The first-order valence-corrected chi connectivity index (χ1v) is 7.23. The number of halogens is 1. The SMILES string of the molecule is Cc1cc(F)ccc1CCNC(=O)C1CCC(C(=O)O)C1. The van der Waals surface area contributed by atoms with Gasteiger partial charge in [-0.05, 0) is 55.9 Å². The Morgan fingerprint density at radius 3 is 2.67 bits per heavy atom. The molecular weight excluding hydrogens is 273 g/mol. The van der Waals surface area contributed by atoms with Gasteiger partial charge in [0, 0.05) is 12.5 Å². The van der Waals surface area contributed by atoms with Crippen molar-refractivity contribution in [3.05, 3.63) is 35.1 Å². The molecule has 1 aliphatic rings. The number of carbonyl (C=O) groups excluding carboxylic acids is 1. The maximum atomic E-state index is 13.0. The number of carboxylic acid groups (broad SMARTS) is 1. The summed E-state index contributed by atoms with van der Waals surface area (Å²) in [6.07, 6.45) is 2.28. The van der Waals surface area contributed by atoms with Gasteiger partial charge in [0.1, 0.15) is 5.82 Å². The molecule has 114 valence electrons. The number of hydrogen-bond acceptors (Lipinski definition) is 2. The van der Waals surface area contributed by atoms with Crippen molar-refractivity contribution in [3.8, 4) is 0 Å². The van der Waals surface area contributed by atoms with Crippen molar-refractivity contribution in [2.75, 3.05) is 6.54 Å². The highest BCUT2D eigenvalue weighted by Gasteiger charge is 2.33. The zero-order valence-corrected chi connectivity index (χ0v) is 12.1. The summed E-state index contributed by atoms with van der Waals surface area (Å²) in [5, 5.41) is 11.8. The first-order valence-electron chi connectivity index (χ1n) is 7.23. The van der Waals surface area contributed by atoms with Gasteiger partial charge in [0.25, 0.3) is 0 Å². The Kier molecular flexibility index (Phi) is 4.94. The van der Waals surface area contributed by atoms with E-state index in [9.17, 15) is 14.0 Å². The minimum Gasteiger partial charge on any atom is -0.481 e. The molecule has 0 radical (unpaired) electrons. The second-order valence-corrected chi connectivity index (χ2v) is 5.66. The topological polar surface area (TPSA) is 66.4 Å². The Morgan fingerprint density at radius 1 is 1.33 bits per heavy atom.